The van der Waals surface area contributed by atoms with Crippen LogP contribution in [0.4, 0.5) is 0 Å². The Kier molecular flexibility index (Phi) is 4.46. The Morgan fingerprint density at radius 3 is 2.79 bits per heavy atom. The van der Waals surface area contributed by atoms with Crippen molar-refractivity contribution in [3.8, 4) is 0 Å². The van der Waals surface area contributed by atoms with Crippen LogP contribution in [-0.4, -0.2) is 28.2 Å². The third-order valence-electron chi connectivity index (χ3n) is 4.32. The summed E-state index contributed by atoms with van der Waals surface area (Å²) in [6.45, 7) is 6.54. The number of hydrogen-bond donors (Lipinski definition) is 1. The molecule has 1 N–H and O–H groups in total. The summed E-state index contributed by atoms with van der Waals surface area (Å²) in [6, 6.07) is 0. The molecular formula is C16H25NO2. The molecule has 0 aromatic carbocycles. The summed E-state index contributed by atoms with van der Waals surface area (Å²) >= 11 is 0. The van der Waals surface area contributed by atoms with Crippen molar-refractivity contribution in [3.63, 3.8) is 0 Å². The first-order valence-corrected chi connectivity index (χ1v) is 7.53. The number of carbonyl (C=O) groups excluding carboxylic acids is 1. The van der Waals surface area contributed by atoms with Crippen molar-refractivity contribution in [3.05, 3.63) is 23.8 Å². The van der Waals surface area contributed by atoms with E-state index in [-0.39, 0.29) is 5.91 Å². The average Bonchev–Trinajstić information content (AvgIpc) is 2.62. The predicted octanol–water partition coefficient (Wildman–Crippen LogP) is 3.15. The highest BCUT2D eigenvalue weighted by Gasteiger charge is 2.49. The van der Waals surface area contributed by atoms with Crippen molar-refractivity contribution in [2.45, 2.75) is 64.0 Å². The molecule has 0 radical (unpaired) electrons. The zero-order valence-corrected chi connectivity index (χ0v) is 12.0. The van der Waals surface area contributed by atoms with E-state index in [1.807, 2.05) is 0 Å². The smallest absolute Gasteiger partial charge is 0.252 e. The Hall–Kier alpha value is -1.09. The first-order valence-electron chi connectivity index (χ1n) is 7.53. The van der Waals surface area contributed by atoms with Crippen LogP contribution in [0.15, 0.2) is 23.8 Å². The second-order valence-electron chi connectivity index (χ2n) is 5.64. The van der Waals surface area contributed by atoms with Crippen LogP contribution < -0.4 is 0 Å². The van der Waals surface area contributed by atoms with Crippen LogP contribution in [0, 0.1) is 0 Å². The molecular weight excluding hydrogens is 238 g/mol. The standard InChI is InChI=1S/C16H25NO2/c1-3-5-8-12-17-15(18)13-9-6-7-10-14(13)16(17,19)11-4-2/h4,19H,2-3,5-12H2,1H3. The molecule has 0 aromatic heterocycles. The molecule has 1 unspecified atom stereocenters. The molecule has 2 rings (SSSR count). The van der Waals surface area contributed by atoms with Crippen molar-refractivity contribution >= 4 is 5.91 Å². The lowest BCUT2D eigenvalue weighted by atomic mass is 9.87. The van der Waals surface area contributed by atoms with Crippen molar-refractivity contribution in [1.29, 1.82) is 0 Å². The molecule has 0 aromatic rings. The lowest BCUT2D eigenvalue weighted by molar-refractivity contribution is -0.142. The largest absolute Gasteiger partial charge is 0.367 e. The zero-order chi connectivity index (χ0) is 13.9. The maximum absolute atomic E-state index is 12.5. The van der Waals surface area contributed by atoms with E-state index >= 15 is 0 Å². The van der Waals surface area contributed by atoms with Gasteiger partial charge in [0.2, 0.25) is 0 Å². The molecule has 2 aliphatic rings. The van der Waals surface area contributed by atoms with Crippen molar-refractivity contribution in [2.24, 2.45) is 0 Å². The molecule has 19 heavy (non-hydrogen) atoms. The summed E-state index contributed by atoms with van der Waals surface area (Å²) in [4.78, 5) is 14.2. The summed E-state index contributed by atoms with van der Waals surface area (Å²) in [5.74, 6) is 0.0650. The van der Waals surface area contributed by atoms with E-state index in [0.717, 1.165) is 56.1 Å². The lowest BCUT2D eigenvalue weighted by Crippen LogP contribution is -2.48. The third kappa shape index (κ3) is 2.48. The van der Waals surface area contributed by atoms with Crippen LogP contribution >= 0.6 is 0 Å². The van der Waals surface area contributed by atoms with Gasteiger partial charge < -0.3 is 10.0 Å². The summed E-state index contributed by atoms with van der Waals surface area (Å²) in [5.41, 5.74) is 0.773. The topological polar surface area (TPSA) is 40.5 Å². The highest BCUT2D eigenvalue weighted by molar-refractivity contribution is 5.98. The number of carbonyl (C=O) groups is 1. The van der Waals surface area contributed by atoms with Gasteiger partial charge in [0, 0.05) is 18.5 Å². The SMILES string of the molecule is C=CCC1(O)C2=C(CCCC2)C(=O)N1CCCCC. The molecule has 0 fully saturated rings. The van der Waals surface area contributed by atoms with Gasteiger partial charge in [0.25, 0.3) is 5.91 Å². The van der Waals surface area contributed by atoms with Gasteiger partial charge in [-0.25, -0.2) is 0 Å². The Bertz CT molecular complexity index is 400. The van der Waals surface area contributed by atoms with E-state index in [4.69, 9.17) is 0 Å². The van der Waals surface area contributed by atoms with Gasteiger partial charge >= 0.3 is 0 Å². The minimum atomic E-state index is -1.08. The molecule has 0 saturated carbocycles. The van der Waals surface area contributed by atoms with E-state index in [1.54, 1.807) is 11.0 Å². The fourth-order valence-corrected chi connectivity index (χ4v) is 3.32. The fourth-order valence-electron chi connectivity index (χ4n) is 3.32. The van der Waals surface area contributed by atoms with E-state index < -0.39 is 5.72 Å². The van der Waals surface area contributed by atoms with Gasteiger partial charge in [0.05, 0.1) is 0 Å². The van der Waals surface area contributed by atoms with Gasteiger partial charge in [-0.1, -0.05) is 25.8 Å². The molecule has 0 bridgehead atoms. The van der Waals surface area contributed by atoms with Crippen molar-refractivity contribution in [2.75, 3.05) is 6.54 Å². The van der Waals surface area contributed by atoms with Crippen LogP contribution in [0.3, 0.4) is 0 Å². The molecule has 1 heterocycles. The van der Waals surface area contributed by atoms with Crippen LogP contribution in [-0.2, 0) is 4.79 Å². The average molecular weight is 263 g/mol. The number of nitrogens with zero attached hydrogens (tertiary/aromatic N) is 1. The molecule has 1 aliphatic heterocycles. The monoisotopic (exact) mass is 263 g/mol. The maximum atomic E-state index is 12.5. The second-order valence-corrected chi connectivity index (χ2v) is 5.64. The highest BCUT2D eigenvalue weighted by Crippen LogP contribution is 2.43. The number of rotatable bonds is 6. The van der Waals surface area contributed by atoms with Gasteiger partial charge in [-0.3, -0.25) is 4.79 Å². The molecule has 1 atom stereocenters. The van der Waals surface area contributed by atoms with Gasteiger partial charge in [-0.15, -0.1) is 6.58 Å². The van der Waals surface area contributed by atoms with E-state index in [2.05, 4.69) is 13.5 Å². The molecule has 1 aliphatic carbocycles. The molecule has 1 amide bonds. The van der Waals surface area contributed by atoms with Crippen LogP contribution in [0.2, 0.25) is 0 Å². The van der Waals surface area contributed by atoms with Gasteiger partial charge in [-0.05, 0) is 37.7 Å². The molecule has 0 saturated heterocycles. The van der Waals surface area contributed by atoms with Crippen LogP contribution in [0.25, 0.3) is 0 Å². The third-order valence-corrected chi connectivity index (χ3v) is 4.32. The molecule has 106 valence electrons. The summed E-state index contributed by atoms with van der Waals surface area (Å²) in [6.07, 6.45) is 9.18. The summed E-state index contributed by atoms with van der Waals surface area (Å²) < 4.78 is 0. The van der Waals surface area contributed by atoms with E-state index in [1.165, 1.54) is 0 Å². The lowest BCUT2D eigenvalue weighted by Gasteiger charge is -2.36. The highest BCUT2D eigenvalue weighted by atomic mass is 16.3. The predicted molar refractivity (Wildman–Crippen MR) is 76.5 cm³/mol. The summed E-state index contributed by atoms with van der Waals surface area (Å²) in [7, 11) is 0. The minimum Gasteiger partial charge on any atom is -0.367 e. The van der Waals surface area contributed by atoms with Gasteiger partial charge in [0.1, 0.15) is 0 Å². The zero-order valence-electron chi connectivity index (χ0n) is 12.0. The molecule has 3 heteroatoms. The van der Waals surface area contributed by atoms with E-state index in [9.17, 15) is 9.90 Å². The first kappa shape index (κ1) is 14.3. The second kappa shape index (κ2) is 5.91. The number of unbranched alkanes of at least 4 members (excludes halogenated alkanes) is 2. The molecule has 0 spiro atoms. The Balaban J connectivity index is 2.23. The van der Waals surface area contributed by atoms with Crippen LogP contribution in [0.1, 0.15) is 58.3 Å². The fraction of sp³-hybridized carbons (Fsp3) is 0.688. The number of hydrogen-bond acceptors (Lipinski definition) is 2. The van der Waals surface area contributed by atoms with Crippen molar-refractivity contribution in [1.82, 2.24) is 4.90 Å². The molecule has 3 nitrogen and oxygen atoms in total. The van der Waals surface area contributed by atoms with Crippen LogP contribution in [0.5, 0.6) is 0 Å². The van der Waals surface area contributed by atoms with E-state index in [0.29, 0.717) is 13.0 Å². The van der Waals surface area contributed by atoms with Crippen molar-refractivity contribution < 1.29 is 9.90 Å². The Morgan fingerprint density at radius 2 is 2.11 bits per heavy atom. The number of amides is 1. The Morgan fingerprint density at radius 1 is 1.37 bits per heavy atom. The Labute approximate surface area is 116 Å². The normalized spacial score (nSPS) is 26.8. The maximum Gasteiger partial charge on any atom is 0.252 e. The quantitative estimate of drug-likeness (QED) is 0.590. The minimum absolute atomic E-state index is 0.0650. The van der Waals surface area contributed by atoms with Gasteiger partial charge in [-0.2, -0.15) is 0 Å². The summed E-state index contributed by atoms with van der Waals surface area (Å²) in [5, 5.41) is 11.0. The number of aliphatic hydroxyl groups is 1. The van der Waals surface area contributed by atoms with Gasteiger partial charge in [0.15, 0.2) is 5.72 Å². The first-order chi connectivity index (χ1) is 9.15.